The topological polar surface area (TPSA) is 32.7 Å². The number of nitrogens with zero attached hydrogens (tertiary/aromatic N) is 1. The summed E-state index contributed by atoms with van der Waals surface area (Å²) in [5.41, 5.74) is 0. The Kier molecular flexibility index (Phi) is 12.8. The zero-order chi connectivity index (χ0) is 18.5. The molecule has 0 bridgehead atoms. The third-order valence-electron chi connectivity index (χ3n) is 5.85. The third kappa shape index (κ3) is 8.88. The van der Waals surface area contributed by atoms with Crippen LogP contribution in [-0.2, 0) is 4.74 Å². The summed E-state index contributed by atoms with van der Waals surface area (Å²) in [7, 11) is 4.15. The molecular weight excluding hydrogens is 310 g/mol. The van der Waals surface area contributed by atoms with E-state index in [0.717, 1.165) is 12.8 Å². The molecule has 0 saturated heterocycles. The van der Waals surface area contributed by atoms with Crippen LogP contribution in [0.2, 0.25) is 0 Å². The molecule has 0 aromatic carbocycles. The van der Waals surface area contributed by atoms with Gasteiger partial charge in [-0.15, -0.1) is 0 Å². The van der Waals surface area contributed by atoms with Crippen molar-refractivity contribution in [3.05, 3.63) is 0 Å². The van der Waals surface area contributed by atoms with E-state index < -0.39 is 0 Å². The lowest BCUT2D eigenvalue weighted by Gasteiger charge is -2.39. The molecule has 0 radical (unpaired) electrons. The van der Waals surface area contributed by atoms with Crippen LogP contribution in [0.15, 0.2) is 0 Å². The molecule has 0 heterocycles. The van der Waals surface area contributed by atoms with E-state index in [4.69, 9.17) is 4.74 Å². The fraction of sp³-hybridized carbons (Fsp3) is 1.00. The number of likely N-dealkylation sites (N-methyl/N-ethyl adjacent to an activating group) is 1. The monoisotopic (exact) mass is 355 g/mol. The van der Waals surface area contributed by atoms with Gasteiger partial charge in [0.2, 0.25) is 0 Å². The van der Waals surface area contributed by atoms with Crippen LogP contribution < -0.4 is 0 Å². The van der Waals surface area contributed by atoms with Crippen molar-refractivity contribution in [1.82, 2.24) is 4.90 Å². The van der Waals surface area contributed by atoms with Crippen LogP contribution in [0.25, 0.3) is 0 Å². The molecule has 3 nitrogen and oxygen atoms in total. The second-order valence-electron chi connectivity index (χ2n) is 8.01. The highest BCUT2D eigenvalue weighted by Gasteiger charge is 2.34. The number of aliphatic hydroxyl groups is 1. The molecule has 3 atom stereocenters. The van der Waals surface area contributed by atoms with E-state index in [1.807, 2.05) is 13.8 Å². The van der Waals surface area contributed by atoms with E-state index in [2.05, 4.69) is 19.0 Å². The molecule has 0 amide bonds. The van der Waals surface area contributed by atoms with Crippen molar-refractivity contribution < 1.29 is 9.84 Å². The summed E-state index contributed by atoms with van der Waals surface area (Å²) >= 11 is 0. The molecule has 2 saturated carbocycles. The molecule has 1 N–H and O–H groups in total. The summed E-state index contributed by atoms with van der Waals surface area (Å²) in [5, 5.41) is 10.7. The summed E-state index contributed by atoms with van der Waals surface area (Å²) in [6.07, 6.45) is 18.1. The average Bonchev–Trinajstić information content (AvgIpc) is 2.60. The van der Waals surface area contributed by atoms with E-state index in [1.54, 1.807) is 0 Å². The minimum absolute atomic E-state index is 0.0501. The maximum atomic E-state index is 10.7. The highest BCUT2D eigenvalue weighted by molar-refractivity contribution is 4.88. The minimum Gasteiger partial charge on any atom is -0.389 e. The largest absolute Gasteiger partial charge is 0.389 e. The minimum atomic E-state index is -0.319. The van der Waals surface area contributed by atoms with Gasteiger partial charge in [0.15, 0.2) is 0 Å². The summed E-state index contributed by atoms with van der Waals surface area (Å²) in [6, 6.07) is 0.264. The molecule has 3 unspecified atom stereocenters. The van der Waals surface area contributed by atoms with Crippen LogP contribution in [0.1, 0.15) is 104 Å². The second-order valence-corrected chi connectivity index (χ2v) is 8.01. The van der Waals surface area contributed by atoms with Gasteiger partial charge in [0.05, 0.1) is 18.3 Å². The SMILES string of the molecule is CC.CN(C)C1CCCC(OC2CCCCCCCCCCC2)C1O. The standard InChI is InChI=1S/C20H39NO2.C2H6/c1-21(2)18-15-12-16-19(20(18)22)23-17-13-10-8-6-4-3-5-7-9-11-14-17;1-2/h17-20,22H,3-16H2,1-2H3;1-2H3. The fourth-order valence-corrected chi connectivity index (χ4v) is 4.34. The van der Waals surface area contributed by atoms with Crippen LogP contribution in [0.5, 0.6) is 0 Å². The summed E-state index contributed by atoms with van der Waals surface area (Å²) < 4.78 is 6.45. The Morgan fingerprint density at radius 2 is 1.16 bits per heavy atom. The molecule has 2 fully saturated rings. The normalized spacial score (nSPS) is 30.7. The van der Waals surface area contributed by atoms with E-state index in [9.17, 15) is 5.11 Å². The maximum Gasteiger partial charge on any atom is 0.0956 e. The van der Waals surface area contributed by atoms with Gasteiger partial charge in [0.1, 0.15) is 0 Å². The van der Waals surface area contributed by atoms with Crippen molar-refractivity contribution >= 4 is 0 Å². The Hall–Kier alpha value is -0.120. The molecular formula is C22H45NO2. The summed E-state index contributed by atoms with van der Waals surface area (Å²) in [4.78, 5) is 2.17. The predicted molar refractivity (Wildman–Crippen MR) is 108 cm³/mol. The van der Waals surface area contributed by atoms with Gasteiger partial charge >= 0.3 is 0 Å². The number of hydrogen-bond acceptors (Lipinski definition) is 3. The highest BCUT2D eigenvalue weighted by Crippen LogP contribution is 2.28. The first-order chi connectivity index (χ1) is 12.2. The molecule has 0 aliphatic heterocycles. The van der Waals surface area contributed by atoms with Crippen LogP contribution in [0, 0.1) is 0 Å². The Morgan fingerprint density at radius 1 is 0.680 bits per heavy atom. The van der Waals surface area contributed by atoms with Gasteiger partial charge < -0.3 is 14.7 Å². The van der Waals surface area contributed by atoms with Crippen LogP contribution >= 0.6 is 0 Å². The van der Waals surface area contributed by atoms with E-state index in [-0.39, 0.29) is 18.2 Å². The van der Waals surface area contributed by atoms with Gasteiger partial charge in [-0.3, -0.25) is 0 Å². The Balaban J connectivity index is 0.00000151. The van der Waals surface area contributed by atoms with E-state index in [0.29, 0.717) is 6.10 Å². The fourth-order valence-electron chi connectivity index (χ4n) is 4.34. The van der Waals surface area contributed by atoms with Crippen molar-refractivity contribution in [2.45, 2.75) is 128 Å². The Morgan fingerprint density at radius 3 is 1.64 bits per heavy atom. The van der Waals surface area contributed by atoms with E-state index in [1.165, 1.54) is 77.0 Å². The quantitative estimate of drug-likeness (QED) is 0.721. The molecule has 2 aliphatic carbocycles. The van der Waals surface area contributed by atoms with Gasteiger partial charge in [0, 0.05) is 6.04 Å². The lowest BCUT2D eigenvalue weighted by Crippen LogP contribution is -2.50. The molecule has 25 heavy (non-hydrogen) atoms. The molecule has 0 aromatic heterocycles. The Labute approximate surface area is 157 Å². The molecule has 0 aromatic rings. The van der Waals surface area contributed by atoms with Crippen molar-refractivity contribution in [3.8, 4) is 0 Å². The zero-order valence-electron chi connectivity index (χ0n) is 17.5. The number of aliphatic hydroxyl groups excluding tert-OH is 1. The van der Waals surface area contributed by atoms with Crippen LogP contribution in [-0.4, -0.2) is 48.5 Å². The van der Waals surface area contributed by atoms with E-state index >= 15 is 0 Å². The first kappa shape index (κ1) is 22.9. The molecule has 2 aliphatic rings. The van der Waals surface area contributed by atoms with Crippen LogP contribution in [0.4, 0.5) is 0 Å². The number of ether oxygens (including phenoxy) is 1. The van der Waals surface area contributed by atoms with Gasteiger partial charge in [-0.1, -0.05) is 71.6 Å². The smallest absolute Gasteiger partial charge is 0.0956 e. The molecule has 0 spiro atoms. The van der Waals surface area contributed by atoms with Crippen molar-refractivity contribution in [1.29, 1.82) is 0 Å². The van der Waals surface area contributed by atoms with Gasteiger partial charge in [-0.2, -0.15) is 0 Å². The first-order valence-electron chi connectivity index (χ1n) is 11.2. The van der Waals surface area contributed by atoms with Gasteiger partial charge in [-0.25, -0.2) is 0 Å². The van der Waals surface area contributed by atoms with Crippen LogP contribution in [0.3, 0.4) is 0 Å². The molecule has 150 valence electrons. The van der Waals surface area contributed by atoms with Crippen molar-refractivity contribution in [2.24, 2.45) is 0 Å². The second kappa shape index (κ2) is 14.0. The average molecular weight is 356 g/mol. The first-order valence-corrected chi connectivity index (χ1v) is 11.2. The maximum absolute atomic E-state index is 10.7. The molecule has 3 heteroatoms. The lowest BCUT2D eigenvalue weighted by atomic mass is 9.89. The van der Waals surface area contributed by atoms with Crippen molar-refractivity contribution in [2.75, 3.05) is 14.1 Å². The summed E-state index contributed by atoms with van der Waals surface area (Å²) in [5.74, 6) is 0. The summed E-state index contributed by atoms with van der Waals surface area (Å²) in [6.45, 7) is 4.00. The lowest BCUT2D eigenvalue weighted by molar-refractivity contribution is -0.121. The highest BCUT2D eigenvalue weighted by atomic mass is 16.5. The number of rotatable bonds is 3. The third-order valence-corrected chi connectivity index (χ3v) is 5.85. The van der Waals surface area contributed by atoms with Gasteiger partial charge in [0.25, 0.3) is 0 Å². The van der Waals surface area contributed by atoms with Crippen molar-refractivity contribution in [3.63, 3.8) is 0 Å². The zero-order valence-corrected chi connectivity index (χ0v) is 17.5. The predicted octanol–water partition coefficient (Wildman–Crippen LogP) is 5.55. The Bertz CT molecular complexity index is 296. The van der Waals surface area contributed by atoms with Gasteiger partial charge in [-0.05, 0) is 46.2 Å². The number of hydrogen-bond donors (Lipinski definition) is 1. The molecule has 2 rings (SSSR count).